The molecular weight excluding hydrogens is 652 g/mol. The number of nitrogens with one attached hydrogen (secondary N) is 3. The van der Waals surface area contributed by atoms with Crippen molar-refractivity contribution in [3.63, 3.8) is 0 Å². The van der Waals surface area contributed by atoms with Crippen LogP contribution < -0.4 is 26.4 Å². The van der Waals surface area contributed by atoms with Gasteiger partial charge in [-0.3, -0.25) is 9.59 Å². The van der Waals surface area contributed by atoms with Gasteiger partial charge in [-0.15, -0.1) is 0 Å². The Kier molecular flexibility index (Phi) is 15.8. The Labute approximate surface area is 288 Å². The van der Waals surface area contributed by atoms with Gasteiger partial charge in [0.2, 0.25) is 15.9 Å². The summed E-state index contributed by atoms with van der Waals surface area (Å²) in [5.41, 5.74) is 8.84. The molecule has 15 heteroatoms. The van der Waals surface area contributed by atoms with E-state index in [-0.39, 0.29) is 93.6 Å². The van der Waals surface area contributed by atoms with E-state index in [9.17, 15) is 22.8 Å². The zero-order valence-corrected chi connectivity index (χ0v) is 29.4. The Bertz CT molecular complexity index is 1590. The van der Waals surface area contributed by atoms with Gasteiger partial charge in [0.05, 0.1) is 49.3 Å². The van der Waals surface area contributed by atoms with Gasteiger partial charge in [0.1, 0.15) is 24.3 Å². The summed E-state index contributed by atoms with van der Waals surface area (Å²) in [5, 5.41) is 8.48. The standard InChI is InChI=1S/C34H48N6O8S/c1-24(2)31-26-10-12-28(13-11-26)49(44,45)40(15-6-9-30(42)37-14-17-41)16-18-46-19-20-47-21-22-48-33-27(23-36-4)7-5-8-29(33)38-34(43)32(39-31)25(3)35/h5,7-8,10-13,17,24,36H,6,9,14-16,18-23,35H2,1-4H3,(H,37,42)(H,38,43)/b32-25+,39-31+. The van der Waals surface area contributed by atoms with Crippen LogP contribution in [0.1, 0.15) is 44.7 Å². The van der Waals surface area contributed by atoms with Gasteiger partial charge < -0.3 is 40.7 Å². The van der Waals surface area contributed by atoms with Crippen molar-refractivity contribution in [2.45, 2.75) is 45.1 Å². The monoisotopic (exact) mass is 700 g/mol. The highest BCUT2D eigenvalue weighted by Gasteiger charge is 2.25. The van der Waals surface area contributed by atoms with Gasteiger partial charge in [-0.25, -0.2) is 13.4 Å². The summed E-state index contributed by atoms with van der Waals surface area (Å²) in [7, 11) is -2.17. The summed E-state index contributed by atoms with van der Waals surface area (Å²) in [6.07, 6.45) is 0.874. The maximum atomic E-state index is 13.8. The molecule has 5 N–H and O–H groups in total. The average Bonchev–Trinajstić information content (AvgIpc) is 3.06. The molecule has 2 amide bonds. The molecule has 4 rings (SSSR count). The highest BCUT2D eigenvalue weighted by molar-refractivity contribution is 7.89. The Morgan fingerprint density at radius 3 is 2.43 bits per heavy atom. The summed E-state index contributed by atoms with van der Waals surface area (Å²) >= 11 is 0. The number of rotatable bonds is 9. The SMILES string of the molecule is CNCc1cccc2c1OCCOCCOCCN(CCCC(=O)NCC=O)S(=O)(=O)c1ccc(cc1)/C(C(C)C)=N/C(=C(\C)N)C(=O)N2. The predicted octanol–water partition coefficient (Wildman–Crippen LogP) is 2.19. The minimum absolute atomic E-state index is 0.0131. The Morgan fingerprint density at radius 2 is 1.78 bits per heavy atom. The van der Waals surface area contributed by atoms with E-state index in [1.807, 2.05) is 33.0 Å². The normalized spacial score (nSPS) is 18.9. The number of nitrogens with zero attached hydrogens (tertiary/aromatic N) is 2. The van der Waals surface area contributed by atoms with E-state index in [2.05, 4.69) is 16.0 Å². The minimum Gasteiger partial charge on any atom is -0.489 e. The van der Waals surface area contributed by atoms with Gasteiger partial charge in [-0.05, 0) is 50.1 Å². The van der Waals surface area contributed by atoms with E-state index in [0.29, 0.717) is 35.5 Å². The van der Waals surface area contributed by atoms with Gasteiger partial charge in [0.25, 0.3) is 5.91 Å². The lowest BCUT2D eigenvalue weighted by molar-refractivity contribution is -0.122. The predicted molar refractivity (Wildman–Crippen MR) is 187 cm³/mol. The number of allylic oxidation sites excluding steroid dienone is 1. The fourth-order valence-corrected chi connectivity index (χ4v) is 6.44. The first kappa shape index (κ1) is 39.3. The molecule has 0 aromatic heterocycles. The molecule has 2 aromatic rings. The van der Waals surface area contributed by atoms with Crippen LogP contribution in [-0.2, 0) is 40.4 Å². The molecule has 0 fully saturated rings. The van der Waals surface area contributed by atoms with Crippen molar-refractivity contribution in [1.82, 2.24) is 14.9 Å². The molecule has 2 heterocycles. The van der Waals surface area contributed by atoms with E-state index in [1.165, 1.54) is 16.4 Å². The molecule has 49 heavy (non-hydrogen) atoms. The van der Waals surface area contributed by atoms with E-state index >= 15 is 0 Å². The summed E-state index contributed by atoms with van der Waals surface area (Å²) in [5.74, 6) is -0.544. The van der Waals surface area contributed by atoms with E-state index < -0.39 is 15.9 Å². The molecule has 2 aliphatic rings. The highest BCUT2D eigenvalue weighted by atomic mass is 32.2. The second-order valence-corrected chi connectivity index (χ2v) is 13.5. The first-order chi connectivity index (χ1) is 23.5. The molecule has 0 saturated carbocycles. The first-order valence-corrected chi connectivity index (χ1v) is 17.7. The Hall–Kier alpha value is -4.15. The second-order valence-electron chi connectivity index (χ2n) is 11.5. The fourth-order valence-electron chi connectivity index (χ4n) is 4.98. The number of nitrogens with two attached hydrogens (primary N) is 1. The van der Waals surface area contributed by atoms with Gasteiger partial charge in [0.15, 0.2) is 0 Å². The molecule has 0 saturated heterocycles. The fraction of sp³-hybridized carbons (Fsp3) is 0.471. The smallest absolute Gasteiger partial charge is 0.276 e. The van der Waals surface area contributed by atoms with Crippen molar-refractivity contribution in [2.75, 3.05) is 65.0 Å². The van der Waals surface area contributed by atoms with Crippen molar-refractivity contribution in [1.29, 1.82) is 0 Å². The van der Waals surface area contributed by atoms with Crippen LogP contribution >= 0.6 is 0 Å². The average molecular weight is 701 g/mol. The second kappa shape index (κ2) is 19.7. The third-order valence-corrected chi connectivity index (χ3v) is 9.31. The molecule has 0 radical (unpaired) electrons. The molecular formula is C34H48N6O8S. The van der Waals surface area contributed by atoms with Crippen molar-refractivity contribution >= 4 is 39.5 Å². The van der Waals surface area contributed by atoms with E-state index in [1.54, 1.807) is 25.1 Å². The molecule has 0 atom stereocenters. The third-order valence-electron chi connectivity index (χ3n) is 7.39. The summed E-state index contributed by atoms with van der Waals surface area (Å²) in [6.45, 7) is 6.92. The van der Waals surface area contributed by atoms with Crippen LogP contribution in [0.5, 0.6) is 5.75 Å². The number of benzene rings is 2. The zero-order chi connectivity index (χ0) is 35.8. The molecule has 14 nitrogen and oxygen atoms in total. The Morgan fingerprint density at radius 1 is 1.08 bits per heavy atom. The van der Waals surface area contributed by atoms with E-state index in [0.717, 1.165) is 5.56 Å². The lowest BCUT2D eigenvalue weighted by Crippen LogP contribution is -2.36. The largest absolute Gasteiger partial charge is 0.489 e. The molecule has 0 aliphatic carbocycles. The van der Waals surface area contributed by atoms with Gasteiger partial charge in [0, 0.05) is 37.3 Å². The molecule has 268 valence electrons. The van der Waals surface area contributed by atoms with Crippen LogP contribution in [0.2, 0.25) is 0 Å². The number of sulfonamides is 1. The number of aldehydes is 1. The van der Waals surface area contributed by atoms with E-state index in [4.69, 9.17) is 24.9 Å². The summed E-state index contributed by atoms with van der Waals surface area (Å²) < 4.78 is 46.3. The number of amides is 2. The minimum atomic E-state index is -3.99. The van der Waals surface area contributed by atoms with Gasteiger partial charge in [-0.2, -0.15) is 4.31 Å². The lowest BCUT2D eigenvalue weighted by Gasteiger charge is -2.23. The van der Waals surface area contributed by atoms with Crippen molar-refractivity contribution in [3.8, 4) is 5.75 Å². The number of carbonyl (C=O) groups excluding carboxylic acids is 3. The molecule has 0 unspecified atom stereocenters. The Balaban J connectivity index is 1.99. The number of hydrogen-bond donors (Lipinski definition) is 4. The van der Waals surface area contributed by atoms with Crippen molar-refractivity contribution < 1.29 is 37.0 Å². The topological polar surface area (TPSA) is 191 Å². The number of aliphatic imine (C=N–C) groups is 1. The summed E-state index contributed by atoms with van der Waals surface area (Å²) in [6, 6.07) is 11.7. The van der Waals surface area contributed by atoms with Crippen LogP contribution in [0.3, 0.4) is 0 Å². The third kappa shape index (κ3) is 11.7. The molecule has 2 bridgehead atoms. The van der Waals surface area contributed by atoms with Crippen LogP contribution in [0.25, 0.3) is 0 Å². The quantitative estimate of drug-likeness (QED) is 0.171. The number of hydrogen-bond acceptors (Lipinski definition) is 11. The number of carbonyl (C=O) groups is 3. The maximum Gasteiger partial charge on any atom is 0.276 e. The van der Waals surface area contributed by atoms with Gasteiger partial charge in [-0.1, -0.05) is 38.1 Å². The number of anilines is 1. The van der Waals surface area contributed by atoms with Crippen molar-refractivity contribution in [3.05, 3.63) is 65.0 Å². The lowest BCUT2D eigenvalue weighted by atomic mass is 9.99. The molecule has 2 aliphatic heterocycles. The molecule has 0 spiro atoms. The van der Waals surface area contributed by atoms with Crippen LogP contribution in [0.15, 0.2) is 63.7 Å². The van der Waals surface area contributed by atoms with Crippen LogP contribution in [0.4, 0.5) is 5.69 Å². The summed E-state index contributed by atoms with van der Waals surface area (Å²) in [4.78, 5) is 41.0. The molecule has 2 aromatic carbocycles. The van der Waals surface area contributed by atoms with Crippen molar-refractivity contribution in [2.24, 2.45) is 16.6 Å². The maximum absolute atomic E-state index is 13.8. The number of para-hydroxylation sites is 1. The zero-order valence-electron chi connectivity index (χ0n) is 28.6. The van der Waals surface area contributed by atoms with Crippen LogP contribution in [-0.4, -0.2) is 96.3 Å². The van der Waals surface area contributed by atoms with Gasteiger partial charge >= 0.3 is 0 Å². The first-order valence-electron chi connectivity index (χ1n) is 16.2. The van der Waals surface area contributed by atoms with Crippen LogP contribution in [0, 0.1) is 5.92 Å². The number of fused-ring (bicyclic) bond motifs is 15. The highest BCUT2D eigenvalue weighted by Crippen LogP contribution is 2.30. The number of ether oxygens (including phenoxy) is 3.